The Morgan fingerprint density at radius 2 is 2.44 bits per heavy atom. The molecule has 102 valence electrons. The van der Waals surface area contributed by atoms with Gasteiger partial charge in [0.15, 0.2) is 0 Å². The van der Waals surface area contributed by atoms with Crippen LogP contribution in [0.15, 0.2) is 12.3 Å². The van der Waals surface area contributed by atoms with Gasteiger partial charge in [-0.1, -0.05) is 0 Å². The lowest BCUT2D eigenvalue weighted by Crippen LogP contribution is -2.32. The summed E-state index contributed by atoms with van der Waals surface area (Å²) < 4.78 is 1.92. The Morgan fingerprint density at radius 1 is 1.67 bits per heavy atom. The van der Waals surface area contributed by atoms with E-state index in [1.165, 1.54) is 6.42 Å². The summed E-state index contributed by atoms with van der Waals surface area (Å²) in [5, 5.41) is 7.74. The lowest BCUT2D eigenvalue weighted by molar-refractivity contribution is 0.0795. The predicted octanol–water partition coefficient (Wildman–Crippen LogP) is 1.32. The smallest absolute Gasteiger partial charge is 0.274 e. The number of nitrogens with one attached hydrogen (secondary N) is 1. The second-order valence-corrected chi connectivity index (χ2v) is 4.50. The van der Waals surface area contributed by atoms with Crippen LogP contribution >= 0.6 is 12.4 Å². The van der Waals surface area contributed by atoms with Gasteiger partial charge >= 0.3 is 0 Å². The molecule has 1 amide bonds. The number of amides is 1. The molecule has 1 aliphatic rings. The minimum Gasteiger partial charge on any atom is -0.341 e. The first-order valence-corrected chi connectivity index (χ1v) is 6.23. The quantitative estimate of drug-likeness (QED) is 0.903. The highest BCUT2D eigenvalue weighted by Gasteiger charge is 2.18. The number of nitrogens with zero attached hydrogens (tertiary/aromatic N) is 3. The molecule has 1 unspecified atom stereocenters. The molecular weight excluding hydrogens is 252 g/mol. The summed E-state index contributed by atoms with van der Waals surface area (Å²) in [6, 6.07) is 2.19. The Bertz CT molecular complexity index is 387. The highest BCUT2D eigenvalue weighted by Crippen LogP contribution is 2.16. The topological polar surface area (TPSA) is 50.2 Å². The Hall–Kier alpha value is -1.07. The summed E-state index contributed by atoms with van der Waals surface area (Å²) in [5.41, 5.74) is 0.542. The molecule has 0 bridgehead atoms. The first-order valence-electron chi connectivity index (χ1n) is 6.23. The molecule has 1 aromatic heterocycles. The molecule has 0 radical (unpaired) electrons. The van der Waals surface area contributed by atoms with Crippen molar-refractivity contribution < 1.29 is 4.79 Å². The third kappa shape index (κ3) is 3.23. The van der Waals surface area contributed by atoms with Crippen LogP contribution in [0.25, 0.3) is 0 Å². The van der Waals surface area contributed by atoms with Crippen molar-refractivity contribution >= 4 is 18.3 Å². The molecule has 1 fully saturated rings. The number of piperidine rings is 1. The number of carbonyl (C=O) groups excluding carboxylic acids is 1. The maximum absolute atomic E-state index is 11.9. The monoisotopic (exact) mass is 272 g/mol. The van der Waals surface area contributed by atoms with Crippen LogP contribution in [0, 0.1) is 0 Å². The molecule has 1 aromatic rings. The summed E-state index contributed by atoms with van der Waals surface area (Å²) >= 11 is 0. The van der Waals surface area contributed by atoms with Gasteiger partial charge in [-0.05, 0) is 32.4 Å². The number of rotatable bonds is 3. The van der Waals surface area contributed by atoms with Crippen molar-refractivity contribution in [2.45, 2.75) is 25.8 Å². The second kappa shape index (κ2) is 6.75. The van der Waals surface area contributed by atoms with E-state index < -0.39 is 0 Å². The normalized spacial score (nSPS) is 19.1. The zero-order chi connectivity index (χ0) is 12.3. The third-order valence-corrected chi connectivity index (χ3v) is 3.29. The van der Waals surface area contributed by atoms with Crippen LogP contribution in [0.1, 0.15) is 36.3 Å². The maximum atomic E-state index is 11.9. The van der Waals surface area contributed by atoms with Gasteiger partial charge in [0.2, 0.25) is 0 Å². The molecule has 18 heavy (non-hydrogen) atoms. The molecule has 0 aromatic carbocycles. The van der Waals surface area contributed by atoms with Gasteiger partial charge < -0.3 is 10.2 Å². The van der Waals surface area contributed by atoms with E-state index in [2.05, 4.69) is 10.4 Å². The van der Waals surface area contributed by atoms with E-state index in [0.717, 1.165) is 19.5 Å². The molecule has 2 rings (SSSR count). The number of halogens is 1. The van der Waals surface area contributed by atoms with Crippen molar-refractivity contribution in [3.05, 3.63) is 18.0 Å². The fraction of sp³-hybridized carbons (Fsp3) is 0.667. The standard InChI is InChI=1S/C12H20N4O.ClH/c1-3-15(2)12(17)11-6-8-16(14-11)10-5-4-7-13-9-10;/h6,8,10,13H,3-5,7,9H2,1-2H3;1H. The molecule has 0 spiro atoms. The van der Waals surface area contributed by atoms with E-state index in [9.17, 15) is 4.79 Å². The van der Waals surface area contributed by atoms with Crippen LogP contribution in [0.3, 0.4) is 0 Å². The molecule has 5 nitrogen and oxygen atoms in total. The average Bonchev–Trinajstić information content (AvgIpc) is 2.87. The van der Waals surface area contributed by atoms with Gasteiger partial charge in [-0.15, -0.1) is 12.4 Å². The van der Waals surface area contributed by atoms with E-state index >= 15 is 0 Å². The van der Waals surface area contributed by atoms with Gasteiger partial charge in [0.1, 0.15) is 5.69 Å². The molecule has 2 heterocycles. The van der Waals surface area contributed by atoms with Crippen molar-refractivity contribution in [3.63, 3.8) is 0 Å². The lowest BCUT2D eigenvalue weighted by Gasteiger charge is -2.23. The molecule has 1 aliphatic heterocycles. The first-order chi connectivity index (χ1) is 8.22. The number of aromatic nitrogens is 2. The molecule has 0 saturated carbocycles. The van der Waals surface area contributed by atoms with Crippen molar-refractivity contribution in [1.82, 2.24) is 20.0 Å². The maximum Gasteiger partial charge on any atom is 0.274 e. The van der Waals surface area contributed by atoms with Gasteiger partial charge in [-0.2, -0.15) is 5.10 Å². The molecule has 0 aliphatic carbocycles. The fourth-order valence-corrected chi connectivity index (χ4v) is 2.05. The van der Waals surface area contributed by atoms with Gasteiger partial charge in [0.05, 0.1) is 6.04 Å². The number of carbonyl (C=O) groups is 1. The van der Waals surface area contributed by atoms with E-state index in [1.807, 2.05) is 23.9 Å². The zero-order valence-electron chi connectivity index (χ0n) is 10.9. The van der Waals surface area contributed by atoms with Crippen molar-refractivity contribution in [2.75, 3.05) is 26.7 Å². The Labute approximate surface area is 114 Å². The summed E-state index contributed by atoms with van der Waals surface area (Å²) in [6.45, 7) is 4.69. The Balaban J connectivity index is 0.00000162. The van der Waals surface area contributed by atoms with Crippen molar-refractivity contribution in [1.29, 1.82) is 0 Å². The van der Waals surface area contributed by atoms with Crippen molar-refractivity contribution in [3.8, 4) is 0 Å². The largest absolute Gasteiger partial charge is 0.341 e. The van der Waals surface area contributed by atoms with E-state index in [4.69, 9.17) is 0 Å². The zero-order valence-corrected chi connectivity index (χ0v) is 11.7. The highest BCUT2D eigenvalue weighted by atomic mass is 35.5. The first kappa shape index (κ1) is 15.0. The lowest BCUT2D eigenvalue weighted by atomic mass is 10.1. The second-order valence-electron chi connectivity index (χ2n) is 4.50. The fourth-order valence-electron chi connectivity index (χ4n) is 2.05. The third-order valence-electron chi connectivity index (χ3n) is 3.29. The minimum atomic E-state index is -0.00461. The average molecular weight is 273 g/mol. The Kier molecular flexibility index (Phi) is 5.62. The van der Waals surface area contributed by atoms with Crippen LogP contribution in [-0.4, -0.2) is 47.3 Å². The summed E-state index contributed by atoms with van der Waals surface area (Å²) in [7, 11) is 1.80. The van der Waals surface area contributed by atoms with Gasteiger partial charge in [0, 0.05) is 26.3 Å². The molecule has 1 atom stereocenters. The van der Waals surface area contributed by atoms with Crippen LogP contribution in [0.5, 0.6) is 0 Å². The van der Waals surface area contributed by atoms with Crippen molar-refractivity contribution in [2.24, 2.45) is 0 Å². The van der Waals surface area contributed by atoms with Gasteiger partial charge in [-0.3, -0.25) is 9.48 Å². The van der Waals surface area contributed by atoms with E-state index in [0.29, 0.717) is 18.3 Å². The van der Waals surface area contributed by atoms with E-state index in [1.54, 1.807) is 11.9 Å². The van der Waals surface area contributed by atoms with Crippen LogP contribution in [0.2, 0.25) is 0 Å². The summed E-state index contributed by atoms with van der Waals surface area (Å²) in [5.74, 6) is -0.00461. The van der Waals surface area contributed by atoms with Crippen LogP contribution in [0.4, 0.5) is 0 Å². The highest BCUT2D eigenvalue weighted by molar-refractivity contribution is 5.91. The molecule has 1 N–H and O–H groups in total. The molecular formula is C12H21ClN4O. The number of hydrogen-bond donors (Lipinski definition) is 1. The van der Waals surface area contributed by atoms with E-state index in [-0.39, 0.29) is 18.3 Å². The van der Waals surface area contributed by atoms with Gasteiger partial charge in [-0.25, -0.2) is 0 Å². The predicted molar refractivity (Wildman–Crippen MR) is 73.3 cm³/mol. The molecule has 6 heteroatoms. The van der Waals surface area contributed by atoms with Crippen LogP contribution in [-0.2, 0) is 0 Å². The molecule has 1 saturated heterocycles. The summed E-state index contributed by atoms with van der Waals surface area (Å²) in [4.78, 5) is 13.6. The minimum absolute atomic E-state index is 0. The summed E-state index contributed by atoms with van der Waals surface area (Å²) in [6.07, 6.45) is 4.21. The number of hydrogen-bond acceptors (Lipinski definition) is 3. The SMILES string of the molecule is CCN(C)C(=O)c1ccn(C2CCCNC2)n1.Cl. The van der Waals surface area contributed by atoms with Gasteiger partial charge in [0.25, 0.3) is 5.91 Å². The Morgan fingerprint density at radius 3 is 3.06 bits per heavy atom. The van der Waals surface area contributed by atoms with Crippen LogP contribution < -0.4 is 5.32 Å².